The smallest absolute Gasteiger partial charge is 0.128 e. The average Bonchev–Trinajstić information content (AvgIpc) is 4.00. The molecule has 2 nitrogen and oxygen atoms in total. The van der Waals surface area contributed by atoms with Gasteiger partial charge in [0.05, 0.1) is 14.2 Å². The molecule has 2 aliphatic heterocycles. The summed E-state index contributed by atoms with van der Waals surface area (Å²) in [6, 6.07) is 27.4. The van der Waals surface area contributed by atoms with E-state index in [1.165, 1.54) is 147 Å². The first-order valence-corrected chi connectivity index (χ1v) is 28.3. The molecular formula is C48H68O2S2Si2. The van der Waals surface area contributed by atoms with Crippen molar-refractivity contribution in [1.29, 1.82) is 0 Å². The number of hydrogen-bond acceptors (Lipinski definition) is 4. The zero-order chi connectivity index (χ0) is 38.0. The fraction of sp³-hybridized carbons (Fsp3) is 0.542. The molecule has 6 rings (SSSR count). The van der Waals surface area contributed by atoms with E-state index >= 15 is 0 Å². The highest BCUT2D eigenvalue weighted by atomic mass is 32.1. The second-order valence-electron chi connectivity index (χ2n) is 16.3. The molecule has 0 aliphatic carbocycles. The Bertz CT molecular complexity index is 1800. The standard InChI is InChI=1S/C48H68O2S2Si2/c1-7-11-15-19-30-53(31-20-16-12-8-2)45-28-25-37(49-5)34-39(45)47-48(53)40-35-41(50-6)38(42-26-27-44(52-42)43-24-23-29-51-43)36-46(40)54(47,32-21-17-13-9-3)33-22-18-14-10-4/h23-29,34-36H,7-22,30-33H2,1-6H3. The Labute approximate surface area is 338 Å². The zero-order valence-corrected chi connectivity index (χ0v) is 38.2. The van der Waals surface area contributed by atoms with E-state index in [-0.39, 0.29) is 0 Å². The first-order valence-electron chi connectivity index (χ1n) is 21.8. The second-order valence-corrected chi connectivity index (χ2v) is 26.7. The molecule has 0 spiro atoms. The van der Waals surface area contributed by atoms with Crippen LogP contribution in [-0.4, -0.2) is 30.4 Å². The van der Waals surface area contributed by atoms with Crippen LogP contribution in [-0.2, 0) is 0 Å². The lowest BCUT2D eigenvalue weighted by Gasteiger charge is -2.35. The van der Waals surface area contributed by atoms with Gasteiger partial charge < -0.3 is 9.47 Å². The van der Waals surface area contributed by atoms with Crippen molar-refractivity contribution >= 4 is 59.6 Å². The molecule has 0 saturated carbocycles. The minimum absolute atomic E-state index is 1.04. The molecule has 0 saturated heterocycles. The van der Waals surface area contributed by atoms with Gasteiger partial charge in [0.15, 0.2) is 0 Å². The predicted octanol–water partition coefficient (Wildman–Crippen LogP) is 14.8. The maximum absolute atomic E-state index is 6.47. The summed E-state index contributed by atoms with van der Waals surface area (Å²) in [5.74, 6) is 2.10. The van der Waals surface area contributed by atoms with E-state index in [4.69, 9.17) is 9.47 Å². The summed E-state index contributed by atoms with van der Waals surface area (Å²) in [5, 5.41) is 9.44. The number of fused-ring (bicyclic) bond motifs is 4. The molecule has 0 atom stereocenters. The van der Waals surface area contributed by atoms with Crippen LogP contribution in [0.2, 0.25) is 24.2 Å². The van der Waals surface area contributed by atoms with Gasteiger partial charge in [0.1, 0.15) is 27.6 Å². The molecule has 0 radical (unpaired) electrons. The molecule has 2 aliphatic rings. The predicted molar refractivity (Wildman–Crippen MR) is 246 cm³/mol. The third-order valence-electron chi connectivity index (χ3n) is 12.8. The number of unbranched alkanes of at least 4 members (excludes halogenated alkanes) is 12. The number of thiophene rings is 2. The first kappa shape index (κ1) is 41.3. The zero-order valence-electron chi connectivity index (χ0n) is 34.5. The third kappa shape index (κ3) is 8.33. The molecule has 2 aromatic heterocycles. The van der Waals surface area contributed by atoms with Gasteiger partial charge in [-0.15, -0.1) is 22.7 Å². The van der Waals surface area contributed by atoms with Gasteiger partial charge in [-0.2, -0.15) is 0 Å². The van der Waals surface area contributed by atoms with Crippen molar-refractivity contribution in [2.45, 2.75) is 155 Å². The number of hydrogen-bond donors (Lipinski definition) is 0. The van der Waals surface area contributed by atoms with E-state index in [1.54, 1.807) is 21.5 Å². The summed E-state index contributed by atoms with van der Waals surface area (Å²) >= 11 is 3.78. The molecule has 0 N–H and O–H groups in total. The van der Waals surface area contributed by atoms with Gasteiger partial charge in [0, 0.05) is 20.2 Å². The monoisotopic (exact) mass is 796 g/mol. The minimum atomic E-state index is -2.20. The molecule has 0 amide bonds. The normalized spacial score (nSPS) is 15.1. The maximum Gasteiger partial charge on any atom is 0.128 e. The summed E-state index contributed by atoms with van der Waals surface area (Å²) in [7, 11) is -0.541. The van der Waals surface area contributed by atoms with Gasteiger partial charge in [-0.1, -0.05) is 143 Å². The van der Waals surface area contributed by atoms with Crippen LogP contribution >= 0.6 is 22.7 Å². The Balaban J connectivity index is 1.62. The van der Waals surface area contributed by atoms with Crippen LogP contribution in [0.4, 0.5) is 0 Å². The molecule has 4 aromatic rings. The highest BCUT2D eigenvalue weighted by molar-refractivity contribution is 7.23. The van der Waals surface area contributed by atoms with Crippen LogP contribution in [0, 0.1) is 0 Å². The molecule has 4 heterocycles. The van der Waals surface area contributed by atoms with Crippen molar-refractivity contribution < 1.29 is 9.47 Å². The summed E-state index contributed by atoms with van der Waals surface area (Å²) in [5.41, 5.74) is 4.55. The van der Waals surface area contributed by atoms with Crippen LogP contribution in [0.5, 0.6) is 11.5 Å². The van der Waals surface area contributed by atoms with Gasteiger partial charge in [-0.05, 0) is 104 Å². The number of methoxy groups -OCH3 is 2. The van der Waals surface area contributed by atoms with Gasteiger partial charge in [0.25, 0.3) is 0 Å². The Hall–Kier alpha value is -2.39. The van der Waals surface area contributed by atoms with Crippen molar-refractivity contribution in [3.05, 3.63) is 71.1 Å². The number of rotatable bonds is 24. The van der Waals surface area contributed by atoms with Crippen molar-refractivity contribution in [2.75, 3.05) is 14.2 Å². The van der Waals surface area contributed by atoms with Crippen molar-refractivity contribution in [2.24, 2.45) is 0 Å². The van der Waals surface area contributed by atoms with E-state index < -0.39 is 16.1 Å². The van der Waals surface area contributed by atoms with Gasteiger partial charge >= 0.3 is 0 Å². The van der Waals surface area contributed by atoms with E-state index in [9.17, 15) is 0 Å². The second kappa shape index (κ2) is 19.7. The number of benzene rings is 2. The van der Waals surface area contributed by atoms with E-state index in [0.29, 0.717) is 0 Å². The minimum Gasteiger partial charge on any atom is -0.497 e. The van der Waals surface area contributed by atoms with Gasteiger partial charge in [0.2, 0.25) is 0 Å². The molecule has 54 heavy (non-hydrogen) atoms. The molecule has 0 fully saturated rings. The molecule has 2 aromatic carbocycles. The van der Waals surface area contributed by atoms with Crippen LogP contribution in [0.25, 0.3) is 30.6 Å². The van der Waals surface area contributed by atoms with E-state index in [0.717, 1.165) is 11.5 Å². The Kier molecular flexibility index (Phi) is 15.0. The van der Waals surface area contributed by atoms with Crippen molar-refractivity contribution in [3.8, 4) is 31.7 Å². The molecule has 0 bridgehead atoms. The van der Waals surface area contributed by atoms with Gasteiger partial charge in [-0.25, -0.2) is 0 Å². The van der Waals surface area contributed by atoms with E-state index in [1.807, 2.05) is 47.3 Å². The molecular weight excluding hydrogens is 729 g/mol. The van der Waals surface area contributed by atoms with Gasteiger partial charge in [-0.3, -0.25) is 0 Å². The fourth-order valence-corrected chi connectivity index (χ4v) is 25.1. The summed E-state index contributed by atoms with van der Waals surface area (Å²) < 4.78 is 12.6. The van der Waals surface area contributed by atoms with Crippen LogP contribution in [0.1, 0.15) is 142 Å². The Morgan fingerprint density at radius 1 is 0.481 bits per heavy atom. The first-order chi connectivity index (χ1) is 26.5. The van der Waals surface area contributed by atoms with E-state index in [2.05, 4.69) is 87.7 Å². The lowest BCUT2D eigenvalue weighted by atomic mass is 10.1. The summed E-state index contributed by atoms with van der Waals surface area (Å²) in [6.07, 6.45) is 21.3. The SMILES string of the molecule is CCCCCC[Si]1(CCCCCC)C2=C(c3cc(OC)ccc31)[Si](CCCCCC)(CCCCCC)c1cc(-c3ccc(-c4cccs4)s3)c(OC)cc12. The Morgan fingerprint density at radius 3 is 1.52 bits per heavy atom. The number of ether oxygens (including phenoxy) is 2. The largest absolute Gasteiger partial charge is 0.497 e. The molecule has 292 valence electrons. The lowest BCUT2D eigenvalue weighted by Crippen LogP contribution is -2.51. The highest BCUT2D eigenvalue weighted by Crippen LogP contribution is 2.57. The maximum atomic E-state index is 6.47. The third-order valence-corrected chi connectivity index (χ3v) is 25.9. The molecule has 0 unspecified atom stereocenters. The van der Waals surface area contributed by atoms with Crippen molar-refractivity contribution in [3.63, 3.8) is 0 Å². The van der Waals surface area contributed by atoms with Crippen LogP contribution < -0.4 is 19.8 Å². The average molecular weight is 797 g/mol. The molecule has 6 heteroatoms. The van der Waals surface area contributed by atoms with Crippen molar-refractivity contribution in [1.82, 2.24) is 0 Å². The topological polar surface area (TPSA) is 18.5 Å². The van der Waals surface area contributed by atoms with Crippen LogP contribution in [0.15, 0.2) is 60.0 Å². The summed E-state index contributed by atoms with van der Waals surface area (Å²) in [4.78, 5) is 4.06. The Morgan fingerprint density at radius 2 is 1.02 bits per heavy atom. The fourth-order valence-electron chi connectivity index (χ4n) is 10.1. The quantitative estimate of drug-likeness (QED) is 0.0519. The van der Waals surface area contributed by atoms with Crippen LogP contribution in [0.3, 0.4) is 0 Å². The summed E-state index contributed by atoms with van der Waals surface area (Å²) in [6.45, 7) is 9.45. The lowest BCUT2D eigenvalue weighted by molar-refractivity contribution is 0.415. The highest BCUT2D eigenvalue weighted by Gasteiger charge is 2.58.